The van der Waals surface area contributed by atoms with Gasteiger partial charge in [0.05, 0.1) is 5.56 Å². The lowest BCUT2D eigenvalue weighted by Crippen LogP contribution is -2.09. The van der Waals surface area contributed by atoms with Crippen LogP contribution >= 0.6 is 31.9 Å². The number of para-hydroxylation sites is 1. The number of rotatable bonds is 5. The lowest BCUT2D eigenvalue weighted by molar-refractivity contribution is 0.0734. The number of benzene rings is 3. The molecule has 0 saturated carbocycles. The molecule has 0 amide bonds. The molecule has 134 valence electrons. The molecule has 0 spiro atoms. The van der Waals surface area contributed by atoms with E-state index in [0.717, 1.165) is 8.95 Å². The highest BCUT2D eigenvalue weighted by molar-refractivity contribution is 9.10. The van der Waals surface area contributed by atoms with Gasteiger partial charge in [0, 0.05) is 20.1 Å². The number of carbonyl (C=O) groups is 2. The van der Waals surface area contributed by atoms with Crippen molar-refractivity contribution < 1.29 is 14.3 Å². The Morgan fingerprint density at radius 3 is 1.93 bits per heavy atom. The van der Waals surface area contributed by atoms with Crippen LogP contribution in [0, 0.1) is 0 Å². The van der Waals surface area contributed by atoms with Crippen molar-refractivity contribution in [2.45, 2.75) is 0 Å². The zero-order chi connectivity index (χ0) is 19.2. The van der Waals surface area contributed by atoms with Crippen LogP contribution in [0.15, 0.2) is 87.8 Å². The highest BCUT2D eigenvalue weighted by atomic mass is 79.9. The first kappa shape index (κ1) is 19.3. The van der Waals surface area contributed by atoms with Gasteiger partial charge < -0.3 is 4.74 Å². The summed E-state index contributed by atoms with van der Waals surface area (Å²) in [5, 5.41) is 0. The molecule has 0 N–H and O–H groups in total. The molecule has 0 unspecified atom stereocenters. The van der Waals surface area contributed by atoms with E-state index in [1.807, 2.05) is 18.2 Å². The van der Waals surface area contributed by atoms with Crippen molar-refractivity contribution in [2.75, 3.05) is 0 Å². The van der Waals surface area contributed by atoms with Crippen molar-refractivity contribution in [3.05, 3.63) is 105 Å². The first-order chi connectivity index (χ1) is 13.0. The molecule has 0 aliphatic carbocycles. The molecule has 27 heavy (non-hydrogen) atoms. The third-order valence-corrected chi connectivity index (χ3v) is 4.80. The molecule has 3 aromatic carbocycles. The zero-order valence-electron chi connectivity index (χ0n) is 14.1. The molecule has 3 aromatic rings. The zero-order valence-corrected chi connectivity index (χ0v) is 17.2. The molecule has 0 atom stereocenters. The molecular formula is C22H14Br2O3. The molecule has 0 bridgehead atoms. The summed E-state index contributed by atoms with van der Waals surface area (Å²) in [7, 11) is 0. The minimum absolute atomic E-state index is 0.128. The second kappa shape index (κ2) is 8.93. The maximum absolute atomic E-state index is 12.3. The number of halogens is 2. The minimum atomic E-state index is -0.456. The number of ketones is 1. The lowest BCUT2D eigenvalue weighted by atomic mass is 10.1. The van der Waals surface area contributed by atoms with Crippen LogP contribution in [0.25, 0.3) is 6.08 Å². The van der Waals surface area contributed by atoms with Crippen LogP contribution in [0.4, 0.5) is 0 Å². The van der Waals surface area contributed by atoms with Gasteiger partial charge in [0.1, 0.15) is 5.75 Å². The van der Waals surface area contributed by atoms with Crippen LogP contribution in [-0.4, -0.2) is 11.8 Å². The molecule has 0 aliphatic heterocycles. The number of hydrogen-bond acceptors (Lipinski definition) is 3. The van der Waals surface area contributed by atoms with Gasteiger partial charge in [-0.1, -0.05) is 50.1 Å². The highest BCUT2D eigenvalue weighted by Crippen LogP contribution is 2.22. The Bertz CT molecular complexity index is 991. The summed E-state index contributed by atoms with van der Waals surface area (Å²) < 4.78 is 7.30. The summed E-state index contributed by atoms with van der Waals surface area (Å²) in [6, 6.07) is 21.1. The van der Waals surface area contributed by atoms with E-state index in [9.17, 15) is 9.59 Å². The van der Waals surface area contributed by atoms with Gasteiger partial charge in [-0.05, 0) is 66.7 Å². The van der Waals surface area contributed by atoms with E-state index in [2.05, 4.69) is 31.9 Å². The summed E-state index contributed by atoms with van der Waals surface area (Å²) in [4.78, 5) is 24.6. The molecule has 3 rings (SSSR count). The average molecular weight is 486 g/mol. The van der Waals surface area contributed by atoms with Gasteiger partial charge in [0.15, 0.2) is 5.78 Å². The summed E-state index contributed by atoms with van der Waals surface area (Å²) in [6.45, 7) is 0. The third-order valence-electron chi connectivity index (χ3n) is 3.74. The quantitative estimate of drug-likeness (QED) is 0.183. The molecule has 5 heteroatoms. The number of carbonyl (C=O) groups excluding carboxylic acids is 2. The van der Waals surface area contributed by atoms with Crippen LogP contribution in [0.3, 0.4) is 0 Å². The highest BCUT2D eigenvalue weighted by Gasteiger charge is 2.11. The van der Waals surface area contributed by atoms with Crippen LogP contribution in [0.2, 0.25) is 0 Å². The van der Waals surface area contributed by atoms with Gasteiger partial charge in [0.2, 0.25) is 0 Å². The fourth-order valence-corrected chi connectivity index (χ4v) is 2.86. The maximum Gasteiger partial charge on any atom is 0.343 e. The molecule has 3 nitrogen and oxygen atoms in total. The lowest BCUT2D eigenvalue weighted by Gasteiger charge is -2.07. The molecule has 0 aliphatic rings. The molecule has 0 heterocycles. The fraction of sp³-hybridized carbons (Fsp3) is 0. The SMILES string of the molecule is O=C(/C=C/c1ccccc1OC(=O)c1ccc(Br)cc1)c1ccc(Br)cc1. The van der Waals surface area contributed by atoms with Crippen molar-refractivity contribution >= 4 is 49.7 Å². The van der Waals surface area contributed by atoms with E-state index in [-0.39, 0.29) is 5.78 Å². The predicted octanol–water partition coefficient (Wildman–Crippen LogP) is 6.33. The monoisotopic (exact) mass is 484 g/mol. The molecule has 0 saturated heterocycles. The molecule has 0 aromatic heterocycles. The molecule has 0 radical (unpaired) electrons. The van der Waals surface area contributed by atoms with Gasteiger partial charge in [0.25, 0.3) is 0 Å². The van der Waals surface area contributed by atoms with E-state index in [1.165, 1.54) is 6.08 Å². The van der Waals surface area contributed by atoms with E-state index in [1.54, 1.807) is 60.7 Å². The fourth-order valence-electron chi connectivity index (χ4n) is 2.33. The Labute approximate surface area is 173 Å². The van der Waals surface area contributed by atoms with Gasteiger partial charge >= 0.3 is 5.97 Å². The van der Waals surface area contributed by atoms with Crippen molar-refractivity contribution in [3.63, 3.8) is 0 Å². The number of allylic oxidation sites excluding steroid dienone is 1. The van der Waals surface area contributed by atoms with Gasteiger partial charge in [-0.3, -0.25) is 4.79 Å². The van der Waals surface area contributed by atoms with Crippen molar-refractivity contribution in [3.8, 4) is 5.75 Å². The third kappa shape index (κ3) is 5.25. The molecular weight excluding hydrogens is 472 g/mol. The predicted molar refractivity (Wildman–Crippen MR) is 113 cm³/mol. The van der Waals surface area contributed by atoms with E-state index < -0.39 is 5.97 Å². The Balaban J connectivity index is 1.77. The topological polar surface area (TPSA) is 43.4 Å². The maximum atomic E-state index is 12.3. The van der Waals surface area contributed by atoms with Crippen LogP contribution in [0.1, 0.15) is 26.3 Å². The largest absolute Gasteiger partial charge is 0.422 e. The van der Waals surface area contributed by atoms with Crippen LogP contribution < -0.4 is 4.74 Å². The standard InChI is InChI=1S/C22H14Br2O3/c23-18-10-5-15(6-11-18)20(25)14-9-16-3-1-2-4-21(16)27-22(26)17-7-12-19(24)13-8-17/h1-14H/b14-9+. The summed E-state index contributed by atoms with van der Waals surface area (Å²) >= 11 is 6.68. The van der Waals surface area contributed by atoms with Gasteiger partial charge in [-0.25, -0.2) is 4.79 Å². The first-order valence-corrected chi connectivity index (χ1v) is 9.66. The summed E-state index contributed by atoms with van der Waals surface area (Å²) in [5.74, 6) is -0.190. The second-order valence-electron chi connectivity index (χ2n) is 5.64. The first-order valence-electron chi connectivity index (χ1n) is 8.08. The second-order valence-corrected chi connectivity index (χ2v) is 7.47. The van der Waals surface area contributed by atoms with E-state index in [4.69, 9.17) is 4.74 Å². The van der Waals surface area contributed by atoms with Crippen LogP contribution in [-0.2, 0) is 0 Å². The number of hydrogen-bond donors (Lipinski definition) is 0. The minimum Gasteiger partial charge on any atom is -0.422 e. The van der Waals surface area contributed by atoms with Gasteiger partial charge in [-0.2, -0.15) is 0 Å². The average Bonchev–Trinajstić information content (AvgIpc) is 2.68. The van der Waals surface area contributed by atoms with Crippen LogP contribution in [0.5, 0.6) is 5.75 Å². The van der Waals surface area contributed by atoms with E-state index in [0.29, 0.717) is 22.4 Å². The van der Waals surface area contributed by atoms with E-state index >= 15 is 0 Å². The smallest absolute Gasteiger partial charge is 0.343 e. The number of ether oxygens (including phenoxy) is 1. The Hall–Kier alpha value is -2.50. The normalized spacial score (nSPS) is 10.7. The van der Waals surface area contributed by atoms with Crippen molar-refractivity contribution in [1.29, 1.82) is 0 Å². The molecule has 0 fully saturated rings. The Morgan fingerprint density at radius 1 is 0.741 bits per heavy atom. The Morgan fingerprint density at radius 2 is 1.30 bits per heavy atom. The number of esters is 1. The van der Waals surface area contributed by atoms with Crippen molar-refractivity contribution in [2.24, 2.45) is 0 Å². The summed E-state index contributed by atoms with van der Waals surface area (Å²) in [6.07, 6.45) is 3.12. The summed E-state index contributed by atoms with van der Waals surface area (Å²) in [5.41, 5.74) is 1.68. The Kier molecular flexibility index (Phi) is 6.37. The van der Waals surface area contributed by atoms with Crippen molar-refractivity contribution in [1.82, 2.24) is 0 Å². The van der Waals surface area contributed by atoms with Gasteiger partial charge in [-0.15, -0.1) is 0 Å².